The lowest BCUT2D eigenvalue weighted by atomic mass is 9.93. The fourth-order valence-electron chi connectivity index (χ4n) is 4.44. The Morgan fingerprint density at radius 3 is 2.79 bits per heavy atom. The van der Waals surface area contributed by atoms with Gasteiger partial charge in [0.15, 0.2) is 0 Å². The third-order valence-electron chi connectivity index (χ3n) is 5.87. The predicted octanol–water partition coefficient (Wildman–Crippen LogP) is 5.36. The molecule has 1 aliphatic heterocycles. The van der Waals surface area contributed by atoms with Gasteiger partial charge in [-0.15, -0.1) is 0 Å². The highest BCUT2D eigenvalue weighted by molar-refractivity contribution is 6.35. The van der Waals surface area contributed by atoms with Gasteiger partial charge in [0, 0.05) is 11.6 Å². The summed E-state index contributed by atoms with van der Waals surface area (Å²) in [4.78, 5) is 6.92. The maximum absolute atomic E-state index is 10.1. The third kappa shape index (κ3) is 3.83. The van der Waals surface area contributed by atoms with Crippen LogP contribution in [0.25, 0.3) is 5.57 Å². The monoisotopic (exact) mass is 436 g/mol. The normalized spacial score (nSPS) is 19.1. The summed E-state index contributed by atoms with van der Waals surface area (Å²) in [6.45, 7) is 3.88. The molecule has 0 saturated heterocycles. The summed E-state index contributed by atoms with van der Waals surface area (Å²) < 4.78 is 0. The topological polar surface area (TPSA) is 36.4 Å². The van der Waals surface area contributed by atoms with Crippen molar-refractivity contribution in [1.29, 1.82) is 0 Å². The van der Waals surface area contributed by atoms with Crippen molar-refractivity contribution < 1.29 is 5.11 Å². The van der Waals surface area contributed by atoms with Crippen LogP contribution in [-0.4, -0.2) is 40.7 Å². The van der Waals surface area contributed by atoms with Crippen LogP contribution in [0.3, 0.4) is 0 Å². The average Bonchev–Trinajstić information content (AvgIpc) is 3.03. The van der Waals surface area contributed by atoms with Gasteiger partial charge in [0.2, 0.25) is 0 Å². The molecule has 2 aliphatic rings. The lowest BCUT2D eigenvalue weighted by Gasteiger charge is -2.36. The molecule has 0 amide bonds. The zero-order valence-electron chi connectivity index (χ0n) is 15.8. The molecule has 1 atom stereocenters. The predicted molar refractivity (Wildman–Crippen MR) is 116 cm³/mol. The van der Waals surface area contributed by atoms with E-state index in [1.54, 1.807) is 6.07 Å². The molecule has 148 valence electrons. The third-order valence-corrected chi connectivity index (χ3v) is 6.81. The molecule has 1 aliphatic carbocycles. The maximum atomic E-state index is 10.1. The largest absolute Gasteiger partial charge is 0.394 e. The first kappa shape index (κ1) is 20.2. The molecule has 1 N–H and O–H groups in total. The molecule has 3 nitrogen and oxygen atoms in total. The maximum Gasteiger partial charge on any atom is 0.0636 e. The second-order valence-electron chi connectivity index (χ2n) is 7.55. The van der Waals surface area contributed by atoms with Crippen LogP contribution in [0.4, 0.5) is 0 Å². The summed E-state index contributed by atoms with van der Waals surface area (Å²) in [7, 11) is 0. The minimum atomic E-state index is 0.0744. The molecular weight excluding hydrogens is 415 g/mol. The van der Waals surface area contributed by atoms with Gasteiger partial charge in [-0.2, -0.15) is 0 Å². The fourth-order valence-corrected chi connectivity index (χ4v) is 5.07. The molecule has 1 unspecified atom stereocenters. The van der Waals surface area contributed by atoms with Gasteiger partial charge in [0.05, 0.1) is 34.1 Å². The zero-order chi connectivity index (χ0) is 19.8. The second kappa shape index (κ2) is 8.33. The van der Waals surface area contributed by atoms with E-state index < -0.39 is 0 Å². The number of aromatic nitrogens is 1. The van der Waals surface area contributed by atoms with E-state index in [9.17, 15) is 5.11 Å². The Bertz CT molecular complexity index is 942. The van der Waals surface area contributed by atoms with Crippen molar-refractivity contribution in [2.24, 2.45) is 0 Å². The molecule has 0 radical (unpaired) electrons. The van der Waals surface area contributed by atoms with Crippen LogP contribution in [0.1, 0.15) is 35.4 Å². The summed E-state index contributed by atoms with van der Waals surface area (Å²) in [5.74, 6) is 0. The Kier molecular flexibility index (Phi) is 6.01. The summed E-state index contributed by atoms with van der Waals surface area (Å²) in [5.41, 5.74) is 7.03. The molecule has 28 heavy (non-hydrogen) atoms. The number of benzene rings is 1. The first-order valence-electron chi connectivity index (χ1n) is 9.65. The van der Waals surface area contributed by atoms with Gasteiger partial charge in [-0.3, -0.25) is 9.88 Å². The van der Waals surface area contributed by atoms with E-state index in [2.05, 4.69) is 22.0 Å². The van der Waals surface area contributed by atoms with E-state index in [-0.39, 0.29) is 12.6 Å². The lowest BCUT2D eigenvalue weighted by Crippen LogP contribution is -2.43. The smallest absolute Gasteiger partial charge is 0.0636 e. The molecule has 4 rings (SSSR count). The molecule has 0 bridgehead atoms. The molecular formula is C22H23Cl3N2O. The van der Waals surface area contributed by atoms with E-state index in [0.29, 0.717) is 10.0 Å². The highest BCUT2D eigenvalue weighted by atomic mass is 35.5. The number of hydrogen-bond acceptors (Lipinski definition) is 3. The average molecular weight is 438 g/mol. The fraction of sp³-hybridized carbons (Fsp3) is 0.409. The van der Waals surface area contributed by atoms with E-state index in [0.717, 1.165) is 55.2 Å². The highest BCUT2D eigenvalue weighted by Gasteiger charge is 2.34. The lowest BCUT2D eigenvalue weighted by molar-refractivity contribution is 0.138. The van der Waals surface area contributed by atoms with Gasteiger partial charge in [0.25, 0.3) is 0 Å². The van der Waals surface area contributed by atoms with Crippen LogP contribution in [0.2, 0.25) is 15.1 Å². The van der Waals surface area contributed by atoms with Gasteiger partial charge >= 0.3 is 0 Å². The number of pyridine rings is 1. The Morgan fingerprint density at radius 2 is 2.00 bits per heavy atom. The Balaban J connectivity index is 1.45. The van der Waals surface area contributed by atoms with Gasteiger partial charge in [0.1, 0.15) is 0 Å². The summed E-state index contributed by atoms with van der Waals surface area (Å²) >= 11 is 18.6. The van der Waals surface area contributed by atoms with Crippen molar-refractivity contribution in [3.63, 3.8) is 0 Å². The number of aliphatic hydroxyl groups excluding tert-OH is 1. The first-order valence-corrected chi connectivity index (χ1v) is 10.8. The van der Waals surface area contributed by atoms with Crippen molar-refractivity contribution in [2.45, 2.75) is 38.6 Å². The Labute approximate surface area is 180 Å². The van der Waals surface area contributed by atoms with Crippen molar-refractivity contribution in [2.75, 3.05) is 19.7 Å². The number of fused-ring (bicyclic) bond motifs is 2. The van der Waals surface area contributed by atoms with Crippen LogP contribution in [-0.2, 0) is 12.8 Å². The Morgan fingerprint density at radius 1 is 1.18 bits per heavy atom. The van der Waals surface area contributed by atoms with Crippen molar-refractivity contribution >= 4 is 40.4 Å². The first-order chi connectivity index (χ1) is 13.5. The van der Waals surface area contributed by atoms with Crippen LogP contribution in [0.15, 0.2) is 29.8 Å². The van der Waals surface area contributed by atoms with E-state index in [1.807, 2.05) is 13.0 Å². The van der Waals surface area contributed by atoms with Crippen LogP contribution in [0, 0.1) is 6.92 Å². The molecule has 1 aromatic carbocycles. The van der Waals surface area contributed by atoms with E-state index in [1.165, 1.54) is 22.3 Å². The van der Waals surface area contributed by atoms with Crippen LogP contribution in [0.5, 0.6) is 0 Å². The molecule has 2 aromatic rings. The van der Waals surface area contributed by atoms with Crippen LogP contribution >= 0.6 is 34.8 Å². The zero-order valence-corrected chi connectivity index (χ0v) is 18.1. The van der Waals surface area contributed by atoms with E-state index >= 15 is 0 Å². The summed E-state index contributed by atoms with van der Waals surface area (Å²) in [6.07, 6.45) is 3.64. The van der Waals surface area contributed by atoms with Gasteiger partial charge < -0.3 is 5.11 Å². The standard InChI is InChI=1S/C22H23Cl3N2O/c1-13-19(24)11-20(25)21(26-13)3-2-7-27-8-6-16-17-10-15(23)5-4-14(17)9-18(16)22(27)12-28/h4-5,10-11,22,28H,2-3,6-9,12H2,1H3. The molecule has 2 heterocycles. The SMILES string of the molecule is Cc1nc(CCCN2CCC3=C(Cc4ccc(Cl)cc43)C2CO)c(Cl)cc1Cl. The van der Waals surface area contributed by atoms with Crippen LogP contribution < -0.4 is 0 Å². The number of halogens is 3. The minimum Gasteiger partial charge on any atom is -0.394 e. The Hall–Kier alpha value is -1.10. The van der Waals surface area contributed by atoms with Crippen molar-refractivity contribution in [3.05, 3.63) is 67.4 Å². The van der Waals surface area contributed by atoms with Gasteiger partial charge in [-0.25, -0.2) is 0 Å². The molecule has 1 aromatic heterocycles. The minimum absolute atomic E-state index is 0.0744. The molecule has 0 saturated carbocycles. The summed E-state index contributed by atoms with van der Waals surface area (Å²) in [5, 5.41) is 12.1. The molecule has 6 heteroatoms. The number of nitrogens with zero attached hydrogens (tertiary/aromatic N) is 2. The van der Waals surface area contributed by atoms with E-state index in [4.69, 9.17) is 34.8 Å². The number of hydrogen-bond donors (Lipinski definition) is 1. The highest BCUT2D eigenvalue weighted by Crippen LogP contribution is 2.41. The van der Waals surface area contributed by atoms with Gasteiger partial charge in [-0.05, 0) is 79.6 Å². The second-order valence-corrected chi connectivity index (χ2v) is 8.80. The van der Waals surface area contributed by atoms with Gasteiger partial charge in [-0.1, -0.05) is 40.9 Å². The molecule has 0 fully saturated rings. The van der Waals surface area contributed by atoms with Crippen molar-refractivity contribution in [3.8, 4) is 0 Å². The number of rotatable bonds is 5. The number of aliphatic hydroxyl groups is 1. The number of aryl methyl sites for hydroxylation is 2. The van der Waals surface area contributed by atoms with Crippen molar-refractivity contribution in [1.82, 2.24) is 9.88 Å². The molecule has 0 spiro atoms. The quantitative estimate of drug-likeness (QED) is 0.684. The summed E-state index contributed by atoms with van der Waals surface area (Å²) in [6, 6.07) is 7.99.